The van der Waals surface area contributed by atoms with Crippen LogP contribution in [-0.4, -0.2) is 49.2 Å². The number of ether oxygens (including phenoxy) is 1. The number of hydrogen-bond acceptors (Lipinski definition) is 3. The van der Waals surface area contributed by atoms with E-state index >= 15 is 0 Å². The molecule has 2 saturated heterocycles. The van der Waals surface area contributed by atoms with Crippen LogP contribution in [0.15, 0.2) is 0 Å². The molecular weight excluding hydrogens is 204 g/mol. The molecule has 16 heavy (non-hydrogen) atoms. The van der Waals surface area contributed by atoms with Crippen molar-refractivity contribution in [2.24, 2.45) is 5.92 Å². The maximum Gasteiger partial charge on any atom is 0.227 e. The number of nitrogens with zero attached hydrogens (tertiary/aromatic N) is 1. The maximum atomic E-state index is 12.3. The Balaban J connectivity index is 1.92. The molecule has 4 nitrogen and oxygen atoms in total. The highest BCUT2D eigenvalue weighted by atomic mass is 16.5. The highest BCUT2D eigenvalue weighted by Gasteiger charge is 2.30. The Bertz CT molecular complexity index is 241. The summed E-state index contributed by atoms with van der Waals surface area (Å²) in [6.07, 6.45) is 2.49. The summed E-state index contributed by atoms with van der Waals surface area (Å²) in [6, 6.07) is 0. The predicted octanol–water partition coefficient (Wildman–Crippen LogP) is 0.622. The molecule has 1 unspecified atom stereocenters. The van der Waals surface area contributed by atoms with Crippen LogP contribution in [0.4, 0.5) is 0 Å². The van der Waals surface area contributed by atoms with E-state index in [0.717, 1.165) is 39.0 Å². The van der Waals surface area contributed by atoms with Crippen molar-refractivity contribution in [3.05, 3.63) is 0 Å². The minimum Gasteiger partial charge on any atom is -0.372 e. The van der Waals surface area contributed by atoms with E-state index in [2.05, 4.69) is 5.32 Å². The summed E-state index contributed by atoms with van der Waals surface area (Å²) in [6.45, 7) is 7.47. The first-order valence-corrected chi connectivity index (χ1v) is 6.32. The highest BCUT2D eigenvalue weighted by Crippen LogP contribution is 2.17. The number of rotatable bonds is 1. The van der Waals surface area contributed by atoms with Crippen molar-refractivity contribution < 1.29 is 9.53 Å². The molecule has 1 N–H and O–H groups in total. The third kappa shape index (κ3) is 2.74. The van der Waals surface area contributed by atoms with E-state index in [4.69, 9.17) is 4.74 Å². The monoisotopic (exact) mass is 226 g/mol. The van der Waals surface area contributed by atoms with Gasteiger partial charge < -0.3 is 15.0 Å². The lowest BCUT2D eigenvalue weighted by atomic mass is 9.97. The van der Waals surface area contributed by atoms with Gasteiger partial charge in [0.15, 0.2) is 0 Å². The zero-order valence-corrected chi connectivity index (χ0v) is 10.2. The minimum atomic E-state index is 0.171. The van der Waals surface area contributed by atoms with Crippen molar-refractivity contribution in [1.82, 2.24) is 10.2 Å². The summed E-state index contributed by atoms with van der Waals surface area (Å²) in [5.74, 6) is 0.500. The van der Waals surface area contributed by atoms with Crippen LogP contribution >= 0.6 is 0 Å². The van der Waals surface area contributed by atoms with Gasteiger partial charge in [-0.1, -0.05) is 0 Å². The molecule has 2 fully saturated rings. The van der Waals surface area contributed by atoms with Crippen LogP contribution in [0.5, 0.6) is 0 Å². The Labute approximate surface area is 97.3 Å². The van der Waals surface area contributed by atoms with E-state index in [1.807, 2.05) is 18.7 Å². The molecule has 1 amide bonds. The van der Waals surface area contributed by atoms with Gasteiger partial charge in [0, 0.05) is 19.6 Å². The minimum absolute atomic E-state index is 0.171. The number of piperidine rings is 1. The molecule has 0 radical (unpaired) electrons. The summed E-state index contributed by atoms with van der Waals surface area (Å²) in [5.41, 5.74) is 0. The molecule has 0 bridgehead atoms. The summed E-state index contributed by atoms with van der Waals surface area (Å²) < 4.78 is 5.64. The standard InChI is InChI=1S/C12H22N2O2/c1-9-7-14(8-10(2)16-9)12(15)11-4-3-5-13-6-11/h9-11,13H,3-8H2,1-2H3/t9-,10+,11?. The third-order valence-electron chi connectivity index (χ3n) is 3.38. The molecule has 92 valence electrons. The number of carbonyl (C=O) groups is 1. The van der Waals surface area contributed by atoms with Crippen molar-refractivity contribution in [2.75, 3.05) is 26.2 Å². The fourth-order valence-electron chi connectivity index (χ4n) is 2.68. The molecule has 0 aliphatic carbocycles. The zero-order valence-electron chi connectivity index (χ0n) is 10.2. The van der Waals surface area contributed by atoms with Gasteiger partial charge in [-0.3, -0.25) is 4.79 Å². The van der Waals surface area contributed by atoms with Crippen LogP contribution in [0.3, 0.4) is 0 Å². The van der Waals surface area contributed by atoms with Crippen molar-refractivity contribution in [3.8, 4) is 0 Å². The lowest BCUT2D eigenvalue weighted by molar-refractivity contribution is -0.147. The quantitative estimate of drug-likeness (QED) is 0.713. The normalized spacial score (nSPS) is 36.1. The van der Waals surface area contributed by atoms with Crippen LogP contribution in [0.25, 0.3) is 0 Å². The van der Waals surface area contributed by atoms with Crippen LogP contribution in [0.1, 0.15) is 26.7 Å². The van der Waals surface area contributed by atoms with E-state index in [-0.39, 0.29) is 18.1 Å². The average Bonchev–Trinajstić information content (AvgIpc) is 2.28. The Morgan fingerprint density at radius 3 is 2.56 bits per heavy atom. The van der Waals surface area contributed by atoms with Gasteiger partial charge in [0.2, 0.25) is 5.91 Å². The van der Waals surface area contributed by atoms with Gasteiger partial charge in [-0.25, -0.2) is 0 Å². The molecule has 0 aromatic rings. The van der Waals surface area contributed by atoms with E-state index in [1.54, 1.807) is 0 Å². The first-order valence-electron chi connectivity index (χ1n) is 6.32. The first-order chi connectivity index (χ1) is 7.66. The summed E-state index contributed by atoms with van der Waals surface area (Å²) >= 11 is 0. The number of carbonyl (C=O) groups excluding carboxylic acids is 1. The SMILES string of the molecule is C[C@@H]1CN(C(=O)C2CCCNC2)C[C@H](C)O1. The van der Waals surface area contributed by atoms with Crippen molar-refractivity contribution in [2.45, 2.75) is 38.9 Å². The molecule has 2 aliphatic heterocycles. The van der Waals surface area contributed by atoms with Crippen molar-refractivity contribution in [1.29, 1.82) is 0 Å². The molecule has 2 heterocycles. The zero-order chi connectivity index (χ0) is 11.5. The van der Waals surface area contributed by atoms with Gasteiger partial charge in [-0.05, 0) is 33.2 Å². The molecular formula is C12H22N2O2. The topological polar surface area (TPSA) is 41.6 Å². The Morgan fingerprint density at radius 2 is 2.00 bits per heavy atom. The van der Waals surface area contributed by atoms with E-state index < -0.39 is 0 Å². The largest absolute Gasteiger partial charge is 0.372 e. The second kappa shape index (κ2) is 5.15. The van der Waals surface area contributed by atoms with Crippen LogP contribution in [0.2, 0.25) is 0 Å². The van der Waals surface area contributed by atoms with Gasteiger partial charge in [-0.15, -0.1) is 0 Å². The van der Waals surface area contributed by atoms with Crippen LogP contribution < -0.4 is 5.32 Å². The maximum absolute atomic E-state index is 12.3. The average molecular weight is 226 g/mol. The summed E-state index contributed by atoms with van der Waals surface area (Å²) in [4.78, 5) is 14.3. The Kier molecular flexibility index (Phi) is 3.82. The second-order valence-electron chi connectivity index (χ2n) is 5.04. The first kappa shape index (κ1) is 11.9. The third-order valence-corrected chi connectivity index (χ3v) is 3.38. The second-order valence-corrected chi connectivity index (χ2v) is 5.04. The molecule has 2 rings (SSSR count). The summed E-state index contributed by atoms with van der Waals surface area (Å²) in [7, 11) is 0. The lowest BCUT2D eigenvalue weighted by Crippen LogP contribution is -2.52. The van der Waals surface area contributed by atoms with Gasteiger partial charge in [0.25, 0.3) is 0 Å². The van der Waals surface area contributed by atoms with Crippen LogP contribution in [0, 0.1) is 5.92 Å². The molecule has 0 aromatic carbocycles. The molecule has 3 atom stereocenters. The van der Waals surface area contributed by atoms with Gasteiger partial charge in [-0.2, -0.15) is 0 Å². The smallest absolute Gasteiger partial charge is 0.227 e. The Hall–Kier alpha value is -0.610. The number of amides is 1. The number of nitrogens with one attached hydrogen (secondary N) is 1. The van der Waals surface area contributed by atoms with E-state index in [0.29, 0.717) is 5.91 Å². The van der Waals surface area contributed by atoms with Gasteiger partial charge in [0.1, 0.15) is 0 Å². The molecule has 0 aromatic heterocycles. The molecule has 0 spiro atoms. The number of morpholine rings is 1. The van der Waals surface area contributed by atoms with Crippen molar-refractivity contribution >= 4 is 5.91 Å². The van der Waals surface area contributed by atoms with Gasteiger partial charge in [0.05, 0.1) is 18.1 Å². The van der Waals surface area contributed by atoms with Gasteiger partial charge >= 0.3 is 0 Å². The molecule has 4 heteroatoms. The highest BCUT2D eigenvalue weighted by molar-refractivity contribution is 5.79. The molecule has 2 aliphatic rings. The lowest BCUT2D eigenvalue weighted by Gasteiger charge is -2.37. The summed E-state index contributed by atoms with van der Waals surface area (Å²) in [5, 5.41) is 3.30. The fraction of sp³-hybridized carbons (Fsp3) is 0.917. The van der Waals surface area contributed by atoms with Crippen LogP contribution in [-0.2, 0) is 9.53 Å². The fourth-order valence-corrected chi connectivity index (χ4v) is 2.68. The number of hydrogen-bond donors (Lipinski definition) is 1. The molecule has 0 saturated carbocycles. The Morgan fingerprint density at radius 1 is 1.31 bits per heavy atom. The van der Waals surface area contributed by atoms with Crippen molar-refractivity contribution in [3.63, 3.8) is 0 Å². The van der Waals surface area contributed by atoms with E-state index in [9.17, 15) is 4.79 Å². The van der Waals surface area contributed by atoms with E-state index in [1.165, 1.54) is 0 Å². The predicted molar refractivity (Wildman–Crippen MR) is 62.2 cm³/mol.